The summed E-state index contributed by atoms with van der Waals surface area (Å²) in [4.78, 5) is 11.1. The summed E-state index contributed by atoms with van der Waals surface area (Å²) in [6.07, 6.45) is 0. The number of nitrogen functional groups attached to an aromatic ring is 1. The zero-order chi connectivity index (χ0) is 18.7. The molecule has 0 saturated carbocycles. The maximum atomic E-state index is 11.1. The molecule has 26 heavy (non-hydrogen) atoms. The van der Waals surface area contributed by atoms with Gasteiger partial charge in [-0.2, -0.15) is 10.2 Å². The van der Waals surface area contributed by atoms with E-state index in [1.807, 2.05) is 24.3 Å². The summed E-state index contributed by atoms with van der Waals surface area (Å²) >= 11 is 0. The Labute approximate surface area is 149 Å². The van der Waals surface area contributed by atoms with E-state index in [-0.39, 0.29) is 5.56 Å². The van der Waals surface area contributed by atoms with Crippen molar-refractivity contribution in [1.29, 1.82) is 0 Å². The third-order valence-electron chi connectivity index (χ3n) is 3.79. The van der Waals surface area contributed by atoms with Crippen LogP contribution in [0.15, 0.2) is 58.8 Å². The van der Waals surface area contributed by atoms with Crippen molar-refractivity contribution in [3.63, 3.8) is 0 Å². The summed E-state index contributed by atoms with van der Waals surface area (Å²) in [5, 5.41) is 21.8. The number of rotatable bonds is 5. The van der Waals surface area contributed by atoms with Crippen molar-refractivity contribution >= 4 is 23.2 Å². The third kappa shape index (κ3) is 3.39. The molecule has 0 aliphatic heterocycles. The lowest BCUT2D eigenvalue weighted by Crippen LogP contribution is -1.96. The van der Waals surface area contributed by atoms with Gasteiger partial charge < -0.3 is 15.6 Å². The van der Waals surface area contributed by atoms with Gasteiger partial charge in [0.1, 0.15) is 17.3 Å². The standard InChI is InChI=1S/C18H17N5O3/c1-23-17(19)16(15(22-23)11-6-8-14(26-2)9-7-11)21-20-13-5-3-4-12(10-13)18(24)25/h3-10H,19H2,1-2H3,(H,24,25). The van der Waals surface area contributed by atoms with Gasteiger partial charge in [0.05, 0.1) is 18.4 Å². The zero-order valence-electron chi connectivity index (χ0n) is 14.2. The van der Waals surface area contributed by atoms with Crippen molar-refractivity contribution in [2.24, 2.45) is 17.3 Å². The van der Waals surface area contributed by atoms with Crippen molar-refractivity contribution in [1.82, 2.24) is 9.78 Å². The normalized spacial score (nSPS) is 11.0. The van der Waals surface area contributed by atoms with Gasteiger partial charge in [-0.05, 0) is 42.5 Å². The highest BCUT2D eigenvalue weighted by Gasteiger charge is 2.16. The van der Waals surface area contributed by atoms with Crippen LogP contribution in [0, 0.1) is 0 Å². The molecule has 3 rings (SSSR count). The van der Waals surface area contributed by atoms with Gasteiger partial charge in [0, 0.05) is 12.6 Å². The first-order chi connectivity index (χ1) is 12.5. The van der Waals surface area contributed by atoms with Crippen LogP contribution in [0.3, 0.4) is 0 Å². The first kappa shape index (κ1) is 17.2. The van der Waals surface area contributed by atoms with Gasteiger partial charge in [0.15, 0.2) is 5.69 Å². The smallest absolute Gasteiger partial charge is 0.335 e. The number of ether oxygens (including phenoxy) is 1. The molecule has 132 valence electrons. The summed E-state index contributed by atoms with van der Waals surface area (Å²) in [5.74, 6) is 0.0575. The molecule has 0 aliphatic rings. The van der Waals surface area contributed by atoms with Crippen molar-refractivity contribution in [3.8, 4) is 17.0 Å². The van der Waals surface area contributed by atoms with Gasteiger partial charge in [-0.25, -0.2) is 4.79 Å². The van der Waals surface area contributed by atoms with E-state index in [4.69, 9.17) is 15.6 Å². The Morgan fingerprint density at radius 2 is 1.92 bits per heavy atom. The number of hydrogen-bond acceptors (Lipinski definition) is 6. The molecule has 2 aromatic carbocycles. The number of aryl methyl sites for hydroxylation is 1. The van der Waals surface area contributed by atoms with Crippen LogP contribution in [0.1, 0.15) is 10.4 Å². The second-order valence-electron chi connectivity index (χ2n) is 5.49. The molecule has 8 nitrogen and oxygen atoms in total. The fourth-order valence-corrected chi connectivity index (χ4v) is 2.38. The Hall–Kier alpha value is -3.68. The highest BCUT2D eigenvalue weighted by molar-refractivity contribution is 5.88. The SMILES string of the molecule is COc1ccc(-c2nn(C)c(N)c2N=Nc2cccc(C(=O)O)c2)cc1. The van der Waals surface area contributed by atoms with Crippen LogP contribution in [-0.4, -0.2) is 28.0 Å². The zero-order valence-corrected chi connectivity index (χ0v) is 14.2. The lowest BCUT2D eigenvalue weighted by atomic mass is 10.1. The van der Waals surface area contributed by atoms with Crippen molar-refractivity contribution < 1.29 is 14.6 Å². The summed E-state index contributed by atoms with van der Waals surface area (Å²) in [7, 11) is 3.31. The number of aromatic carboxylic acids is 1. The quantitative estimate of drug-likeness (QED) is 0.679. The van der Waals surface area contributed by atoms with E-state index in [2.05, 4.69) is 15.3 Å². The Morgan fingerprint density at radius 1 is 1.19 bits per heavy atom. The predicted octanol–water partition coefficient (Wildman–Crippen LogP) is 3.79. The molecule has 3 aromatic rings. The van der Waals surface area contributed by atoms with Crippen LogP contribution in [0.5, 0.6) is 5.75 Å². The summed E-state index contributed by atoms with van der Waals surface area (Å²) in [6, 6.07) is 13.5. The Balaban J connectivity index is 1.99. The number of aromatic nitrogens is 2. The summed E-state index contributed by atoms with van der Waals surface area (Å²) < 4.78 is 6.68. The van der Waals surface area contributed by atoms with E-state index in [1.165, 1.54) is 16.8 Å². The second-order valence-corrected chi connectivity index (χ2v) is 5.49. The van der Waals surface area contributed by atoms with Crippen LogP contribution >= 0.6 is 0 Å². The molecule has 0 unspecified atom stereocenters. The molecular weight excluding hydrogens is 334 g/mol. The molecular formula is C18H17N5O3. The van der Waals surface area contributed by atoms with Gasteiger partial charge >= 0.3 is 5.97 Å². The highest BCUT2D eigenvalue weighted by atomic mass is 16.5. The fraction of sp³-hybridized carbons (Fsp3) is 0.111. The maximum absolute atomic E-state index is 11.1. The molecule has 0 spiro atoms. The van der Waals surface area contributed by atoms with E-state index in [0.29, 0.717) is 22.9 Å². The molecule has 3 N–H and O–H groups in total. The Kier molecular flexibility index (Phi) is 4.66. The molecule has 0 aliphatic carbocycles. The number of carboxylic acids is 1. The molecule has 0 bridgehead atoms. The molecule has 0 saturated heterocycles. The number of hydrogen-bond donors (Lipinski definition) is 2. The van der Waals surface area contributed by atoms with Crippen LogP contribution < -0.4 is 10.5 Å². The molecule has 8 heteroatoms. The lowest BCUT2D eigenvalue weighted by Gasteiger charge is -2.02. The largest absolute Gasteiger partial charge is 0.497 e. The minimum absolute atomic E-state index is 0.135. The average Bonchev–Trinajstić information content (AvgIpc) is 2.94. The number of methoxy groups -OCH3 is 1. The number of carboxylic acid groups (broad SMARTS) is 1. The number of azo groups is 1. The third-order valence-corrected chi connectivity index (χ3v) is 3.79. The van der Waals surface area contributed by atoms with E-state index in [0.717, 1.165) is 11.3 Å². The lowest BCUT2D eigenvalue weighted by molar-refractivity contribution is 0.0697. The van der Waals surface area contributed by atoms with Crippen LogP contribution in [-0.2, 0) is 7.05 Å². The monoisotopic (exact) mass is 351 g/mol. The highest BCUT2D eigenvalue weighted by Crippen LogP contribution is 2.36. The van der Waals surface area contributed by atoms with E-state index in [9.17, 15) is 4.79 Å². The molecule has 0 atom stereocenters. The molecule has 0 amide bonds. The molecule has 1 heterocycles. The first-order valence-corrected chi connectivity index (χ1v) is 7.71. The minimum Gasteiger partial charge on any atom is -0.497 e. The fourth-order valence-electron chi connectivity index (χ4n) is 2.38. The van der Waals surface area contributed by atoms with Crippen LogP contribution in [0.25, 0.3) is 11.3 Å². The van der Waals surface area contributed by atoms with Gasteiger partial charge in [0.2, 0.25) is 0 Å². The number of nitrogens with zero attached hydrogens (tertiary/aromatic N) is 4. The molecule has 0 radical (unpaired) electrons. The molecule has 0 fully saturated rings. The van der Waals surface area contributed by atoms with Gasteiger partial charge in [-0.1, -0.05) is 6.07 Å². The van der Waals surface area contributed by atoms with Crippen molar-refractivity contribution in [2.75, 3.05) is 12.8 Å². The first-order valence-electron chi connectivity index (χ1n) is 7.71. The molecule has 1 aromatic heterocycles. The van der Waals surface area contributed by atoms with Crippen molar-refractivity contribution in [2.45, 2.75) is 0 Å². The predicted molar refractivity (Wildman–Crippen MR) is 97.2 cm³/mol. The van der Waals surface area contributed by atoms with Crippen molar-refractivity contribution in [3.05, 3.63) is 54.1 Å². The van der Waals surface area contributed by atoms with Gasteiger partial charge in [-0.15, -0.1) is 5.11 Å². The van der Waals surface area contributed by atoms with E-state index >= 15 is 0 Å². The Morgan fingerprint density at radius 3 is 2.58 bits per heavy atom. The van der Waals surface area contributed by atoms with Gasteiger partial charge in [0.25, 0.3) is 0 Å². The van der Waals surface area contributed by atoms with Crippen LogP contribution in [0.4, 0.5) is 17.2 Å². The van der Waals surface area contributed by atoms with Crippen LogP contribution in [0.2, 0.25) is 0 Å². The topological polar surface area (TPSA) is 115 Å². The average molecular weight is 351 g/mol. The maximum Gasteiger partial charge on any atom is 0.335 e. The van der Waals surface area contributed by atoms with E-state index in [1.54, 1.807) is 26.3 Å². The summed E-state index contributed by atoms with van der Waals surface area (Å²) in [6.45, 7) is 0. The number of carbonyl (C=O) groups is 1. The minimum atomic E-state index is -1.03. The number of nitrogens with two attached hydrogens (primary N) is 1. The number of benzene rings is 2. The number of anilines is 1. The van der Waals surface area contributed by atoms with E-state index < -0.39 is 5.97 Å². The summed E-state index contributed by atoms with van der Waals surface area (Å²) in [5.41, 5.74) is 8.41. The Bertz CT molecular complexity index is 977. The second kappa shape index (κ2) is 7.06. The van der Waals surface area contributed by atoms with Gasteiger partial charge in [-0.3, -0.25) is 4.68 Å².